The van der Waals surface area contributed by atoms with E-state index in [0.717, 1.165) is 22.9 Å². The van der Waals surface area contributed by atoms with E-state index in [9.17, 15) is 0 Å². The number of aryl methyl sites for hydroxylation is 1. The highest BCUT2D eigenvalue weighted by Gasteiger charge is 2.17. The largest absolute Gasteiger partial charge is 0.397 e. The molecular weight excluding hydrogens is 234 g/mol. The maximum Gasteiger partial charge on any atom is 0.130 e. The highest BCUT2D eigenvalue weighted by atomic mass is 15.0. The van der Waals surface area contributed by atoms with Gasteiger partial charge in [-0.15, -0.1) is 0 Å². The van der Waals surface area contributed by atoms with Crippen molar-refractivity contribution in [2.75, 3.05) is 11.1 Å². The molecule has 0 unspecified atom stereocenters. The van der Waals surface area contributed by atoms with Crippen molar-refractivity contribution in [3.05, 3.63) is 47.7 Å². The second-order valence-corrected chi connectivity index (χ2v) is 5.79. The normalized spacial score (nSPS) is 11.4. The first kappa shape index (κ1) is 13.4. The summed E-state index contributed by atoms with van der Waals surface area (Å²) >= 11 is 0. The van der Waals surface area contributed by atoms with Gasteiger partial charge in [0.05, 0.1) is 11.4 Å². The minimum absolute atomic E-state index is 0.0897. The molecule has 1 aromatic carbocycles. The summed E-state index contributed by atoms with van der Waals surface area (Å²) in [5.74, 6) is 0.823. The molecule has 0 atom stereocenters. The Morgan fingerprint density at radius 2 is 1.74 bits per heavy atom. The third kappa shape index (κ3) is 3.05. The molecule has 1 aromatic heterocycles. The summed E-state index contributed by atoms with van der Waals surface area (Å²) < 4.78 is 0. The molecule has 0 aliphatic rings. The second-order valence-electron chi connectivity index (χ2n) is 5.79. The fraction of sp³-hybridized carbons (Fsp3) is 0.312. The van der Waals surface area contributed by atoms with Gasteiger partial charge in [-0.2, -0.15) is 0 Å². The molecule has 1 heterocycles. The van der Waals surface area contributed by atoms with Crippen LogP contribution < -0.4 is 11.1 Å². The lowest BCUT2D eigenvalue weighted by Gasteiger charge is -2.23. The van der Waals surface area contributed by atoms with Crippen LogP contribution in [-0.4, -0.2) is 4.98 Å². The number of para-hydroxylation sites is 1. The quantitative estimate of drug-likeness (QED) is 0.852. The molecule has 3 nitrogen and oxygen atoms in total. The molecule has 0 bridgehead atoms. The monoisotopic (exact) mass is 255 g/mol. The Labute approximate surface area is 114 Å². The third-order valence-electron chi connectivity index (χ3n) is 3.12. The SMILES string of the molecule is Cc1nc(Nc2ccccc2C(C)(C)C)ccc1N. The molecule has 0 fully saturated rings. The Morgan fingerprint density at radius 1 is 1.05 bits per heavy atom. The van der Waals surface area contributed by atoms with Gasteiger partial charge in [0, 0.05) is 5.69 Å². The first-order chi connectivity index (χ1) is 8.88. The molecule has 0 amide bonds. The van der Waals surface area contributed by atoms with Crippen LogP contribution in [-0.2, 0) is 5.41 Å². The standard InChI is InChI=1S/C16H21N3/c1-11-13(17)9-10-15(18-11)19-14-8-6-5-7-12(14)16(2,3)4/h5-10H,17H2,1-4H3,(H,18,19). The first-order valence-corrected chi connectivity index (χ1v) is 6.47. The lowest BCUT2D eigenvalue weighted by molar-refractivity contribution is 0.592. The van der Waals surface area contributed by atoms with E-state index in [0.29, 0.717) is 0 Å². The minimum atomic E-state index is 0.0897. The van der Waals surface area contributed by atoms with Gasteiger partial charge < -0.3 is 11.1 Å². The van der Waals surface area contributed by atoms with E-state index in [1.807, 2.05) is 25.1 Å². The highest BCUT2D eigenvalue weighted by molar-refractivity contribution is 5.63. The predicted molar refractivity (Wildman–Crippen MR) is 81.8 cm³/mol. The summed E-state index contributed by atoms with van der Waals surface area (Å²) in [7, 11) is 0. The van der Waals surface area contributed by atoms with Crippen LogP contribution in [0.4, 0.5) is 17.2 Å². The molecule has 3 N–H and O–H groups in total. The number of hydrogen-bond donors (Lipinski definition) is 2. The first-order valence-electron chi connectivity index (χ1n) is 6.47. The zero-order valence-corrected chi connectivity index (χ0v) is 12.0. The Hall–Kier alpha value is -2.03. The number of hydrogen-bond acceptors (Lipinski definition) is 3. The summed E-state index contributed by atoms with van der Waals surface area (Å²) in [6.07, 6.45) is 0. The van der Waals surface area contributed by atoms with E-state index in [-0.39, 0.29) is 5.41 Å². The van der Waals surface area contributed by atoms with Crippen molar-refractivity contribution in [1.29, 1.82) is 0 Å². The molecular formula is C16H21N3. The molecule has 0 radical (unpaired) electrons. The zero-order chi connectivity index (χ0) is 14.0. The van der Waals surface area contributed by atoms with E-state index in [1.54, 1.807) is 0 Å². The molecule has 0 aliphatic carbocycles. The van der Waals surface area contributed by atoms with E-state index in [4.69, 9.17) is 5.73 Å². The van der Waals surface area contributed by atoms with Crippen molar-refractivity contribution < 1.29 is 0 Å². The second kappa shape index (κ2) is 4.92. The van der Waals surface area contributed by atoms with Gasteiger partial charge in [0.25, 0.3) is 0 Å². The Kier molecular flexibility index (Phi) is 3.47. The molecule has 100 valence electrons. The number of pyridine rings is 1. The smallest absolute Gasteiger partial charge is 0.130 e. The van der Waals surface area contributed by atoms with Crippen LogP contribution in [0.3, 0.4) is 0 Å². The van der Waals surface area contributed by atoms with E-state index < -0.39 is 0 Å². The van der Waals surface area contributed by atoms with Crippen LogP contribution in [0.2, 0.25) is 0 Å². The van der Waals surface area contributed by atoms with E-state index in [2.05, 4.69) is 49.3 Å². The number of nitrogens with one attached hydrogen (secondary N) is 1. The third-order valence-corrected chi connectivity index (χ3v) is 3.12. The van der Waals surface area contributed by atoms with Crippen LogP contribution in [0.25, 0.3) is 0 Å². The number of nitrogen functional groups attached to an aromatic ring is 1. The molecule has 19 heavy (non-hydrogen) atoms. The van der Waals surface area contributed by atoms with Gasteiger partial charge in [0.15, 0.2) is 0 Å². The number of benzene rings is 1. The van der Waals surface area contributed by atoms with Gasteiger partial charge in [0.1, 0.15) is 5.82 Å². The Morgan fingerprint density at radius 3 is 2.37 bits per heavy atom. The Balaban J connectivity index is 2.36. The number of aromatic nitrogens is 1. The van der Waals surface area contributed by atoms with Crippen molar-refractivity contribution >= 4 is 17.2 Å². The molecule has 0 spiro atoms. The lowest BCUT2D eigenvalue weighted by atomic mass is 9.86. The fourth-order valence-corrected chi connectivity index (χ4v) is 2.03. The van der Waals surface area contributed by atoms with Crippen LogP contribution in [0.1, 0.15) is 32.0 Å². The van der Waals surface area contributed by atoms with Crippen molar-refractivity contribution in [2.24, 2.45) is 0 Å². The predicted octanol–water partition coefficient (Wildman–Crippen LogP) is 4.01. The maximum absolute atomic E-state index is 5.79. The zero-order valence-electron chi connectivity index (χ0n) is 12.0. The van der Waals surface area contributed by atoms with Crippen LogP contribution >= 0.6 is 0 Å². The highest BCUT2D eigenvalue weighted by Crippen LogP contribution is 2.31. The van der Waals surface area contributed by atoms with Gasteiger partial charge in [-0.05, 0) is 36.1 Å². The van der Waals surface area contributed by atoms with Crippen LogP contribution in [0.15, 0.2) is 36.4 Å². The Bertz CT molecular complexity index is 583. The maximum atomic E-state index is 5.79. The van der Waals surface area contributed by atoms with Crippen molar-refractivity contribution in [3.63, 3.8) is 0 Å². The van der Waals surface area contributed by atoms with E-state index >= 15 is 0 Å². The molecule has 0 saturated carbocycles. The lowest BCUT2D eigenvalue weighted by Crippen LogP contribution is -2.13. The van der Waals surface area contributed by atoms with Crippen LogP contribution in [0, 0.1) is 6.92 Å². The number of nitrogens with two attached hydrogens (primary N) is 1. The van der Waals surface area contributed by atoms with Gasteiger partial charge in [0.2, 0.25) is 0 Å². The van der Waals surface area contributed by atoms with Crippen molar-refractivity contribution in [3.8, 4) is 0 Å². The van der Waals surface area contributed by atoms with Gasteiger partial charge in [-0.25, -0.2) is 4.98 Å². The summed E-state index contributed by atoms with van der Waals surface area (Å²) in [4.78, 5) is 4.46. The van der Waals surface area contributed by atoms with Gasteiger partial charge >= 0.3 is 0 Å². The molecule has 0 aliphatic heterocycles. The number of rotatable bonds is 2. The topological polar surface area (TPSA) is 50.9 Å². The van der Waals surface area contributed by atoms with Crippen molar-refractivity contribution in [1.82, 2.24) is 4.98 Å². The number of nitrogens with zero attached hydrogens (tertiary/aromatic N) is 1. The van der Waals surface area contributed by atoms with Crippen molar-refractivity contribution in [2.45, 2.75) is 33.1 Å². The minimum Gasteiger partial charge on any atom is -0.397 e. The molecule has 3 heteroatoms. The fourth-order valence-electron chi connectivity index (χ4n) is 2.03. The molecule has 0 saturated heterocycles. The summed E-state index contributed by atoms with van der Waals surface area (Å²) in [5.41, 5.74) is 9.80. The van der Waals surface area contributed by atoms with Gasteiger partial charge in [-0.1, -0.05) is 39.0 Å². The number of anilines is 3. The summed E-state index contributed by atoms with van der Waals surface area (Å²) in [5, 5.41) is 3.38. The summed E-state index contributed by atoms with van der Waals surface area (Å²) in [6.45, 7) is 8.52. The average molecular weight is 255 g/mol. The molecule has 2 aromatic rings. The average Bonchev–Trinajstić information content (AvgIpc) is 2.33. The van der Waals surface area contributed by atoms with E-state index in [1.165, 1.54) is 5.56 Å². The summed E-state index contributed by atoms with van der Waals surface area (Å²) in [6, 6.07) is 12.1. The van der Waals surface area contributed by atoms with Crippen LogP contribution in [0.5, 0.6) is 0 Å². The molecule has 2 rings (SSSR count). The van der Waals surface area contributed by atoms with Gasteiger partial charge in [-0.3, -0.25) is 0 Å².